The summed E-state index contributed by atoms with van der Waals surface area (Å²) in [7, 11) is 0. The maximum absolute atomic E-state index is 13.1. The highest BCUT2D eigenvalue weighted by atomic mass is 32.2. The van der Waals surface area contributed by atoms with Crippen molar-refractivity contribution in [2.24, 2.45) is 5.73 Å². The summed E-state index contributed by atoms with van der Waals surface area (Å²) in [5.41, 5.74) is 7.78. The molecule has 0 saturated carbocycles. The Morgan fingerprint density at radius 3 is 2.69 bits per heavy atom. The lowest BCUT2D eigenvalue weighted by Gasteiger charge is -2.10. The number of primary amides is 1. The maximum atomic E-state index is 13.1. The third kappa shape index (κ3) is 3.06. The Labute approximate surface area is 151 Å². The van der Waals surface area contributed by atoms with Gasteiger partial charge in [0.25, 0.3) is 11.1 Å². The minimum atomic E-state index is -0.758. The van der Waals surface area contributed by atoms with E-state index >= 15 is 0 Å². The molecule has 0 saturated heterocycles. The SMILES string of the molecule is NC(=O)[C@@H](Sc1nnc(-c2c[nH]c3ccccc23)o1)c1ccc(F)cc1. The number of halogens is 1. The second kappa shape index (κ2) is 6.64. The average molecular weight is 368 g/mol. The zero-order valence-corrected chi connectivity index (χ0v) is 14.2. The minimum Gasteiger partial charge on any atom is -0.411 e. The lowest BCUT2D eigenvalue weighted by molar-refractivity contribution is -0.117. The molecule has 2 heterocycles. The summed E-state index contributed by atoms with van der Waals surface area (Å²) >= 11 is 1.03. The van der Waals surface area contributed by atoms with Crippen molar-refractivity contribution in [2.75, 3.05) is 0 Å². The molecule has 3 N–H and O–H groups in total. The Balaban J connectivity index is 1.63. The highest BCUT2D eigenvalue weighted by Crippen LogP contribution is 2.36. The van der Waals surface area contributed by atoms with Gasteiger partial charge in [-0.15, -0.1) is 10.2 Å². The average Bonchev–Trinajstić information content (AvgIpc) is 3.27. The van der Waals surface area contributed by atoms with Crippen LogP contribution in [0.25, 0.3) is 22.4 Å². The van der Waals surface area contributed by atoms with Crippen LogP contribution < -0.4 is 5.73 Å². The van der Waals surface area contributed by atoms with Gasteiger partial charge in [-0.1, -0.05) is 30.3 Å². The molecule has 6 nitrogen and oxygen atoms in total. The fraction of sp³-hybridized carbons (Fsp3) is 0.0556. The second-order valence-corrected chi connectivity index (χ2v) is 6.63. The molecule has 4 rings (SSSR count). The number of thioether (sulfide) groups is 1. The number of rotatable bonds is 5. The van der Waals surface area contributed by atoms with E-state index in [-0.39, 0.29) is 11.0 Å². The molecule has 0 aliphatic heterocycles. The van der Waals surface area contributed by atoms with Gasteiger partial charge >= 0.3 is 0 Å². The molecular weight excluding hydrogens is 355 g/mol. The van der Waals surface area contributed by atoms with E-state index in [1.807, 2.05) is 24.3 Å². The number of nitrogens with two attached hydrogens (primary N) is 1. The predicted octanol–water partition coefficient (Wildman–Crippen LogP) is 3.68. The fourth-order valence-electron chi connectivity index (χ4n) is 2.64. The molecule has 0 radical (unpaired) electrons. The van der Waals surface area contributed by atoms with Gasteiger partial charge in [0.2, 0.25) is 5.91 Å². The van der Waals surface area contributed by atoms with Crippen LogP contribution in [0.3, 0.4) is 0 Å². The van der Waals surface area contributed by atoms with Crippen LogP contribution in [0.5, 0.6) is 0 Å². The van der Waals surface area contributed by atoms with Gasteiger partial charge in [0.15, 0.2) is 0 Å². The van der Waals surface area contributed by atoms with Gasteiger partial charge < -0.3 is 15.1 Å². The van der Waals surface area contributed by atoms with Crippen LogP contribution in [0.1, 0.15) is 10.8 Å². The minimum absolute atomic E-state index is 0.207. The Bertz CT molecular complexity index is 1070. The second-order valence-electron chi connectivity index (χ2n) is 5.57. The van der Waals surface area contributed by atoms with Crippen LogP contribution >= 0.6 is 11.8 Å². The van der Waals surface area contributed by atoms with Crippen LogP contribution in [0.2, 0.25) is 0 Å². The van der Waals surface area contributed by atoms with Crippen molar-refractivity contribution < 1.29 is 13.6 Å². The molecule has 0 aliphatic carbocycles. The van der Waals surface area contributed by atoms with Crippen molar-refractivity contribution in [1.29, 1.82) is 0 Å². The number of fused-ring (bicyclic) bond motifs is 1. The number of aromatic amines is 1. The first-order chi connectivity index (χ1) is 12.6. The number of hydrogen-bond acceptors (Lipinski definition) is 5. The van der Waals surface area contributed by atoms with E-state index < -0.39 is 11.2 Å². The van der Waals surface area contributed by atoms with E-state index in [2.05, 4.69) is 15.2 Å². The Kier molecular flexibility index (Phi) is 4.18. The van der Waals surface area contributed by atoms with E-state index in [4.69, 9.17) is 10.2 Å². The van der Waals surface area contributed by atoms with Gasteiger partial charge in [0.05, 0.1) is 5.56 Å². The van der Waals surface area contributed by atoms with Crippen LogP contribution in [0, 0.1) is 5.82 Å². The first-order valence-corrected chi connectivity index (χ1v) is 8.61. The summed E-state index contributed by atoms with van der Waals surface area (Å²) in [6, 6.07) is 13.3. The van der Waals surface area contributed by atoms with Crippen LogP contribution in [-0.2, 0) is 4.79 Å². The number of benzene rings is 2. The van der Waals surface area contributed by atoms with E-state index in [1.54, 1.807) is 6.20 Å². The molecule has 2 aromatic carbocycles. The Hall–Kier alpha value is -3.13. The lowest BCUT2D eigenvalue weighted by Crippen LogP contribution is -2.18. The normalized spacial score (nSPS) is 12.3. The van der Waals surface area contributed by atoms with Crippen molar-refractivity contribution in [3.05, 3.63) is 66.1 Å². The summed E-state index contributed by atoms with van der Waals surface area (Å²) < 4.78 is 18.8. The molecule has 0 spiro atoms. The van der Waals surface area contributed by atoms with Gasteiger partial charge in [-0.25, -0.2) is 4.39 Å². The molecule has 8 heteroatoms. The number of amides is 1. The van der Waals surface area contributed by atoms with Crippen molar-refractivity contribution >= 4 is 28.6 Å². The number of nitrogens with zero attached hydrogens (tertiary/aromatic N) is 2. The number of H-pyrrole nitrogens is 1. The van der Waals surface area contributed by atoms with E-state index in [1.165, 1.54) is 24.3 Å². The number of carbonyl (C=O) groups is 1. The molecule has 0 unspecified atom stereocenters. The number of aromatic nitrogens is 3. The zero-order chi connectivity index (χ0) is 18.1. The number of para-hydroxylation sites is 1. The first kappa shape index (κ1) is 16.3. The molecular formula is C18H13FN4O2S. The van der Waals surface area contributed by atoms with Gasteiger partial charge in [0.1, 0.15) is 11.1 Å². The topological polar surface area (TPSA) is 97.8 Å². The third-order valence-corrected chi connectivity index (χ3v) is 4.98. The molecule has 0 aliphatic rings. The monoisotopic (exact) mass is 368 g/mol. The third-order valence-electron chi connectivity index (χ3n) is 3.88. The van der Waals surface area contributed by atoms with Crippen molar-refractivity contribution in [3.63, 3.8) is 0 Å². The van der Waals surface area contributed by atoms with E-state index in [0.717, 1.165) is 28.2 Å². The van der Waals surface area contributed by atoms with Gasteiger partial charge in [-0.2, -0.15) is 0 Å². The molecule has 130 valence electrons. The van der Waals surface area contributed by atoms with Gasteiger partial charge in [-0.05, 0) is 35.5 Å². The number of carbonyl (C=O) groups excluding carboxylic acids is 1. The smallest absolute Gasteiger partial charge is 0.277 e. The van der Waals surface area contributed by atoms with Gasteiger partial charge in [-0.3, -0.25) is 4.79 Å². The lowest BCUT2D eigenvalue weighted by atomic mass is 10.1. The van der Waals surface area contributed by atoms with Crippen LogP contribution in [-0.4, -0.2) is 21.1 Å². The Morgan fingerprint density at radius 1 is 1.15 bits per heavy atom. The van der Waals surface area contributed by atoms with Crippen LogP contribution in [0.4, 0.5) is 4.39 Å². The molecule has 1 atom stereocenters. The highest BCUT2D eigenvalue weighted by molar-refractivity contribution is 8.00. The van der Waals surface area contributed by atoms with Crippen molar-refractivity contribution in [3.8, 4) is 11.5 Å². The standard InChI is InChI=1S/C18H13FN4O2S/c19-11-7-5-10(6-8-11)15(16(20)24)26-18-23-22-17(25-18)13-9-21-14-4-2-1-3-12(13)14/h1-9,15,21H,(H2,20,24)/t15-/m0/s1. The predicted molar refractivity (Wildman–Crippen MR) is 95.8 cm³/mol. The molecule has 2 aromatic heterocycles. The van der Waals surface area contributed by atoms with E-state index in [0.29, 0.717) is 11.5 Å². The summed E-state index contributed by atoms with van der Waals surface area (Å²) in [5.74, 6) is -0.623. The maximum Gasteiger partial charge on any atom is 0.277 e. The molecule has 0 fully saturated rings. The van der Waals surface area contributed by atoms with E-state index in [9.17, 15) is 9.18 Å². The van der Waals surface area contributed by atoms with Crippen molar-refractivity contribution in [1.82, 2.24) is 15.2 Å². The summed E-state index contributed by atoms with van der Waals surface area (Å²) in [6.45, 7) is 0. The quantitative estimate of drug-likeness (QED) is 0.524. The highest BCUT2D eigenvalue weighted by Gasteiger charge is 2.23. The molecule has 4 aromatic rings. The summed E-state index contributed by atoms with van der Waals surface area (Å²) in [6.07, 6.45) is 1.79. The first-order valence-electron chi connectivity index (χ1n) is 7.73. The summed E-state index contributed by atoms with van der Waals surface area (Å²) in [4.78, 5) is 15.0. The fourth-order valence-corrected chi connectivity index (χ4v) is 3.47. The molecule has 0 bridgehead atoms. The molecule has 26 heavy (non-hydrogen) atoms. The van der Waals surface area contributed by atoms with Crippen molar-refractivity contribution in [2.45, 2.75) is 10.5 Å². The largest absolute Gasteiger partial charge is 0.411 e. The zero-order valence-electron chi connectivity index (χ0n) is 13.3. The van der Waals surface area contributed by atoms with Gasteiger partial charge in [0, 0.05) is 17.1 Å². The summed E-state index contributed by atoms with van der Waals surface area (Å²) in [5, 5.41) is 8.46. The Morgan fingerprint density at radius 2 is 1.92 bits per heavy atom. The van der Waals surface area contributed by atoms with Crippen LogP contribution in [0.15, 0.2) is 64.4 Å². The molecule has 1 amide bonds. The number of nitrogens with one attached hydrogen (secondary N) is 1. The number of hydrogen-bond donors (Lipinski definition) is 2.